The number of rotatable bonds is 4. The third-order valence-electron chi connectivity index (χ3n) is 9.55. The Morgan fingerprint density at radius 1 is 1.08 bits per heavy atom. The molecule has 3 heterocycles. The Kier molecular flexibility index (Phi) is 12.1. The van der Waals surface area contributed by atoms with Crippen molar-refractivity contribution in [3.63, 3.8) is 0 Å². The molecule has 1 spiro atoms. The van der Waals surface area contributed by atoms with Crippen molar-refractivity contribution >= 4 is 29.5 Å². The second-order valence-corrected chi connectivity index (χ2v) is 13.6. The van der Waals surface area contributed by atoms with Crippen LogP contribution in [0.2, 0.25) is 0 Å². The summed E-state index contributed by atoms with van der Waals surface area (Å²) < 4.78 is 11.5. The van der Waals surface area contributed by atoms with Crippen LogP contribution in [0.5, 0.6) is 5.75 Å². The molecule has 4 rings (SSSR count). The van der Waals surface area contributed by atoms with Crippen LogP contribution in [0.15, 0.2) is 28.7 Å². The normalized spacial score (nSPS) is 23.5. The van der Waals surface area contributed by atoms with Gasteiger partial charge in [-0.1, -0.05) is 32.9 Å². The number of ether oxygens (including phenoxy) is 1. The van der Waals surface area contributed by atoms with Gasteiger partial charge in [-0.25, -0.2) is 4.98 Å². The fourth-order valence-electron chi connectivity index (χ4n) is 6.26. The smallest absolute Gasteiger partial charge is 0.291 e. The maximum Gasteiger partial charge on any atom is 0.291 e. The summed E-state index contributed by atoms with van der Waals surface area (Å²) in [6.07, 6.45) is 1.01. The number of hydrogen-bond acceptors (Lipinski definition) is 9. The average Bonchev–Trinajstić information content (AvgIpc) is 3.46. The highest BCUT2D eigenvalue weighted by Crippen LogP contribution is 2.36. The van der Waals surface area contributed by atoms with Gasteiger partial charge in [0.1, 0.15) is 23.9 Å². The zero-order chi connectivity index (χ0) is 36.0. The molecule has 1 aromatic heterocycles. The molecule has 1 saturated heterocycles. The monoisotopic (exact) mass is 682 g/mol. The second kappa shape index (κ2) is 15.8. The molecule has 1 fully saturated rings. The molecule has 2 aliphatic rings. The van der Waals surface area contributed by atoms with Gasteiger partial charge in [-0.2, -0.15) is 0 Å². The molecular weight excluding hydrogens is 632 g/mol. The number of carbonyl (C=O) groups is 5. The van der Waals surface area contributed by atoms with Crippen molar-refractivity contribution in [2.45, 2.75) is 91.5 Å². The summed E-state index contributed by atoms with van der Waals surface area (Å²) >= 11 is 0. The standard InChI is InChI=1S/C35H50N6O8/c1-8-27-37-21(4)30(49-27)34(47)41-14-12-35(13-15-41)17-24-10-9-11-25(16-24)48-18-26(43)38-29(23(6)42)33(46)40(7)22(5)31(44)39-28(20(2)3)32(45)36-19-35/h9-11,16,20,22-23,28-29,42H,8,12-15,17-19H2,1-7H3,(H,36,45)(H,38,43)(H,39,44)/t22-,23+,28+,29-/m0/s1. The lowest BCUT2D eigenvalue weighted by molar-refractivity contribution is -0.144. The Morgan fingerprint density at radius 3 is 2.39 bits per heavy atom. The predicted molar refractivity (Wildman–Crippen MR) is 179 cm³/mol. The number of oxazole rings is 1. The summed E-state index contributed by atoms with van der Waals surface area (Å²) in [6.45, 7) is 10.9. The van der Waals surface area contributed by atoms with Gasteiger partial charge < -0.3 is 40.0 Å². The topological polar surface area (TPSA) is 183 Å². The molecule has 4 atom stereocenters. The van der Waals surface area contributed by atoms with E-state index in [-0.39, 0.29) is 30.0 Å². The molecule has 14 nitrogen and oxygen atoms in total. The van der Waals surface area contributed by atoms with E-state index in [1.807, 2.05) is 39.0 Å². The van der Waals surface area contributed by atoms with Gasteiger partial charge in [0.15, 0.2) is 12.5 Å². The van der Waals surface area contributed by atoms with Crippen molar-refractivity contribution in [3.05, 3.63) is 47.2 Å². The number of hydrogen-bond donors (Lipinski definition) is 4. The van der Waals surface area contributed by atoms with E-state index in [9.17, 15) is 29.1 Å². The van der Waals surface area contributed by atoms with Crippen molar-refractivity contribution in [2.24, 2.45) is 11.3 Å². The molecule has 268 valence electrons. The first-order valence-electron chi connectivity index (χ1n) is 16.9. The number of fused-ring (bicyclic) bond motifs is 2. The van der Waals surface area contributed by atoms with E-state index in [1.165, 1.54) is 20.9 Å². The summed E-state index contributed by atoms with van der Waals surface area (Å²) in [7, 11) is 1.40. The Morgan fingerprint density at radius 2 is 1.78 bits per heavy atom. The third kappa shape index (κ3) is 8.97. The number of nitrogens with one attached hydrogen (secondary N) is 3. The first-order valence-corrected chi connectivity index (χ1v) is 16.9. The van der Waals surface area contributed by atoms with Crippen molar-refractivity contribution < 1.29 is 38.2 Å². The molecule has 14 heteroatoms. The number of nitrogens with zero attached hydrogens (tertiary/aromatic N) is 3. The number of piperidine rings is 1. The summed E-state index contributed by atoms with van der Waals surface area (Å²) in [5.41, 5.74) is 1.01. The first-order chi connectivity index (χ1) is 23.1. The number of aromatic nitrogens is 1. The van der Waals surface area contributed by atoms with Gasteiger partial charge in [0, 0.05) is 33.1 Å². The highest BCUT2D eigenvalue weighted by atomic mass is 16.5. The molecule has 49 heavy (non-hydrogen) atoms. The maximum atomic E-state index is 13.7. The van der Waals surface area contributed by atoms with Crippen LogP contribution in [-0.2, 0) is 32.0 Å². The number of likely N-dealkylation sites (N-methyl/N-ethyl adjacent to an activating group) is 1. The van der Waals surface area contributed by atoms with Gasteiger partial charge in [-0.15, -0.1) is 0 Å². The van der Waals surface area contributed by atoms with Gasteiger partial charge in [0.05, 0.1) is 11.8 Å². The molecule has 4 N–H and O–H groups in total. The van der Waals surface area contributed by atoms with Gasteiger partial charge in [0.2, 0.25) is 23.5 Å². The lowest BCUT2D eigenvalue weighted by Crippen LogP contribution is -2.59. The highest BCUT2D eigenvalue weighted by Gasteiger charge is 2.39. The number of aliphatic hydroxyl groups excluding tert-OH is 1. The van der Waals surface area contributed by atoms with Crippen LogP contribution < -0.4 is 20.7 Å². The number of benzene rings is 1. The van der Waals surface area contributed by atoms with Crippen molar-refractivity contribution in [3.8, 4) is 5.75 Å². The number of aryl methyl sites for hydroxylation is 2. The molecule has 0 radical (unpaired) electrons. The lowest BCUT2D eigenvalue weighted by atomic mass is 9.73. The average molecular weight is 683 g/mol. The van der Waals surface area contributed by atoms with Crippen LogP contribution in [0.4, 0.5) is 0 Å². The molecular formula is C35H50N6O8. The van der Waals surface area contributed by atoms with E-state index in [0.29, 0.717) is 56.1 Å². The van der Waals surface area contributed by atoms with E-state index in [0.717, 1.165) is 10.5 Å². The van der Waals surface area contributed by atoms with Crippen LogP contribution in [0.25, 0.3) is 0 Å². The van der Waals surface area contributed by atoms with Crippen LogP contribution in [0.3, 0.4) is 0 Å². The minimum Gasteiger partial charge on any atom is -0.484 e. The Hall–Kier alpha value is -4.46. The summed E-state index contributed by atoms with van der Waals surface area (Å²) in [4.78, 5) is 73.9. The summed E-state index contributed by atoms with van der Waals surface area (Å²) in [5, 5.41) is 18.8. The highest BCUT2D eigenvalue weighted by molar-refractivity contribution is 5.94. The molecule has 0 unspecified atom stereocenters. The number of amides is 5. The number of carbonyl (C=O) groups excluding carboxylic acids is 5. The Balaban J connectivity index is 1.63. The Labute approximate surface area is 287 Å². The van der Waals surface area contributed by atoms with Crippen molar-refractivity contribution in [1.82, 2.24) is 30.7 Å². The Bertz CT molecular complexity index is 1530. The quantitative estimate of drug-likeness (QED) is 0.370. The molecule has 2 aromatic rings. The predicted octanol–water partition coefficient (Wildman–Crippen LogP) is 1.37. The summed E-state index contributed by atoms with van der Waals surface area (Å²) in [6, 6.07) is 4.06. The van der Waals surface area contributed by atoms with Gasteiger partial charge in [-0.05, 0) is 69.1 Å². The minimum absolute atomic E-state index is 0.216. The van der Waals surface area contributed by atoms with Gasteiger partial charge in [0.25, 0.3) is 11.8 Å². The fraction of sp³-hybridized carbons (Fsp3) is 0.600. The fourth-order valence-corrected chi connectivity index (χ4v) is 6.26. The maximum absolute atomic E-state index is 13.7. The summed E-state index contributed by atoms with van der Waals surface area (Å²) in [5.74, 6) is -1.53. The molecule has 2 aliphatic heterocycles. The second-order valence-electron chi connectivity index (χ2n) is 13.6. The first kappa shape index (κ1) is 37.4. The molecule has 2 bridgehead atoms. The van der Waals surface area contributed by atoms with Crippen LogP contribution in [-0.4, -0.2) is 107 Å². The van der Waals surface area contributed by atoms with Gasteiger partial charge >= 0.3 is 0 Å². The van der Waals surface area contributed by atoms with E-state index in [2.05, 4.69) is 20.9 Å². The van der Waals surface area contributed by atoms with E-state index >= 15 is 0 Å². The number of likely N-dealkylation sites (tertiary alicyclic amines) is 1. The molecule has 0 saturated carbocycles. The minimum atomic E-state index is -1.33. The van der Waals surface area contributed by atoms with Crippen molar-refractivity contribution in [2.75, 3.05) is 33.3 Å². The zero-order valence-electron chi connectivity index (χ0n) is 29.5. The van der Waals surface area contributed by atoms with E-state index in [4.69, 9.17) is 9.15 Å². The lowest BCUT2D eigenvalue weighted by Gasteiger charge is -2.42. The zero-order valence-corrected chi connectivity index (χ0v) is 29.5. The number of aliphatic hydroxyl groups is 1. The van der Waals surface area contributed by atoms with Crippen molar-refractivity contribution in [1.29, 1.82) is 0 Å². The largest absolute Gasteiger partial charge is 0.484 e. The third-order valence-corrected chi connectivity index (χ3v) is 9.55. The molecule has 0 aliphatic carbocycles. The molecule has 5 amide bonds. The van der Waals surface area contributed by atoms with Gasteiger partial charge in [-0.3, -0.25) is 24.0 Å². The SMILES string of the molecule is CCc1nc(C)c(C(=O)N2CCC3(CC2)CNC(=O)[C@@H](C(C)C)NC(=O)[C@H](C)N(C)C(=O)[C@H]([C@@H](C)O)NC(=O)COc2cccc(c2)C3)o1. The van der Waals surface area contributed by atoms with E-state index in [1.54, 1.807) is 17.9 Å². The van der Waals surface area contributed by atoms with Crippen LogP contribution in [0, 0.1) is 18.3 Å². The van der Waals surface area contributed by atoms with E-state index < -0.39 is 54.0 Å². The molecule has 1 aromatic carbocycles. The van der Waals surface area contributed by atoms with Crippen LogP contribution >= 0.6 is 0 Å². The van der Waals surface area contributed by atoms with Crippen LogP contribution in [0.1, 0.15) is 75.2 Å².